The van der Waals surface area contributed by atoms with Gasteiger partial charge in [0.05, 0.1) is 19.6 Å². The Bertz CT molecular complexity index is 664. The van der Waals surface area contributed by atoms with Crippen LogP contribution in [0.4, 0.5) is 4.79 Å². The van der Waals surface area contributed by atoms with Gasteiger partial charge >= 0.3 is 12.1 Å². The number of methoxy groups -OCH3 is 1. The lowest BCUT2D eigenvalue weighted by atomic mass is 9.81. The molecule has 1 amide bonds. The smallest absolute Gasteiger partial charge is 0.410 e. The van der Waals surface area contributed by atoms with Gasteiger partial charge in [0.15, 0.2) is 0 Å². The molecule has 6 nitrogen and oxygen atoms in total. The molecule has 1 aliphatic rings. The summed E-state index contributed by atoms with van der Waals surface area (Å²) in [6.45, 7) is 10.2. The summed E-state index contributed by atoms with van der Waals surface area (Å²) in [5, 5.41) is 0. The van der Waals surface area contributed by atoms with Gasteiger partial charge in [-0.05, 0) is 71.1 Å². The Morgan fingerprint density at radius 3 is 2.36 bits per heavy atom. The van der Waals surface area contributed by atoms with E-state index in [2.05, 4.69) is 0 Å². The molecule has 6 heteroatoms. The van der Waals surface area contributed by atoms with Crippen LogP contribution in [0, 0.1) is 5.92 Å². The van der Waals surface area contributed by atoms with Crippen LogP contribution in [0.15, 0.2) is 24.3 Å². The zero-order valence-electron chi connectivity index (χ0n) is 17.9. The Morgan fingerprint density at radius 2 is 1.82 bits per heavy atom. The minimum atomic E-state index is -0.557. The van der Waals surface area contributed by atoms with E-state index in [0.717, 1.165) is 11.3 Å². The highest BCUT2D eigenvalue weighted by Gasteiger charge is 2.39. The van der Waals surface area contributed by atoms with Crippen LogP contribution in [0.2, 0.25) is 0 Å². The zero-order chi connectivity index (χ0) is 20.9. The fourth-order valence-electron chi connectivity index (χ4n) is 3.71. The van der Waals surface area contributed by atoms with Gasteiger partial charge in [0, 0.05) is 12.6 Å². The van der Waals surface area contributed by atoms with Crippen molar-refractivity contribution in [3.05, 3.63) is 29.8 Å². The van der Waals surface area contributed by atoms with Crippen LogP contribution in [0.3, 0.4) is 0 Å². The first kappa shape index (κ1) is 22.1. The summed E-state index contributed by atoms with van der Waals surface area (Å²) < 4.78 is 16.2. The summed E-state index contributed by atoms with van der Waals surface area (Å²) in [5.74, 6) is 0.227. The molecule has 0 saturated carbocycles. The third-order valence-electron chi connectivity index (χ3n) is 5.06. The molecule has 1 heterocycles. The van der Waals surface area contributed by atoms with Crippen molar-refractivity contribution in [1.29, 1.82) is 0 Å². The van der Waals surface area contributed by atoms with Crippen molar-refractivity contribution < 1.29 is 23.8 Å². The fraction of sp³-hybridized carbons (Fsp3) is 0.636. The maximum absolute atomic E-state index is 12.7. The quantitative estimate of drug-likeness (QED) is 0.713. The SMILES string of the molecule is CCOC(=O)[C@H]1CC(C)N(C(=O)OC(C)(C)C)CC[C@@H]1c1ccc(OC)cc1. The highest BCUT2D eigenvalue weighted by molar-refractivity contribution is 5.74. The highest BCUT2D eigenvalue weighted by Crippen LogP contribution is 2.37. The van der Waals surface area contributed by atoms with Gasteiger partial charge in [0.1, 0.15) is 11.4 Å². The van der Waals surface area contributed by atoms with Gasteiger partial charge in [-0.15, -0.1) is 0 Å². The Morgan fingerprint density at radius 1 is 1.18 bits per heavy atom. The van der Waals surface area contributed by atoms with Crippen LogP contribution in [0.5, 0.6) is 5.75 Å². The van der Waals surface area contributed by atoms with E-state index in [1.807, 2.05) is 58.9 Å². The molecular formula is C22H33NO5. The summed E-state index contributed by atoms with van der Waals surface area (Å²) >= 11 is 0. The van der Waals surface area contributed by atoms with Gasteiger partial charge < -0.3 is 19.1 Å². The average Bonchev–Trinajstić information content (AvgIpc) is 2.79. The van der Waals surface area contributed by atoms with Crippen molar-refractivity contribution in [2.24, 2.45) is 5.92 Å². The molecule has 2 rings (SSSR count). The number of carbonyl (C=O) groups excluding carboxylic acids is 2. The van der Waals surface area contributed by atoms with Crippen LogP contribution in [-0.2, 0) is 14.3 Å². The minimum absolute atomic E-state index is 0.0279. The lowest BCUT2D eigenvalue weighted by molar-refractivity contribution is -0.149. The van der Waals surface area contributed by atoms with Crippen LogP contribution in [0.25, 0.3) is 0 Å². The summed E-state index contributed by atoms with van der Waals surface area (Å²) in [6.07, 6.45) is 0.867. The van der Waals surface area contributed by atoms with Gasteiger partial charge in [0.25, 0.3) is 0 Å². The number of hydrogen-bond donors (Lipinski definition) is 0. The van der Waals surface area contributed by atoms with Crippen LogP contribution in [-0.4, -0.2) is 48.9 Å². The molecule has 0 radical (unpaired) electrons. The van der Waals surface area contributed by atoms with E-state index < -0.39 is 5.60 Å². The van der Waals surface area contributed by atoms with Gasteiger partial charge in [-0.25, -0.2) is 4.79 Å². The Labute approximate surface area is 168 Å². The number of ether oxygens (including phenoxy) is 3. The van der Waals surface area contributed by atoms with Crippen LogP contribution < -0.4 is 4.74 Å². The lowest BCUT2D eigenvalue weighted by Gasteiger charge is -2.30. The van der Waals surface area contributed by atoms with Gasteiger partial charge in [-0.3, -0.25) is 4.79 Å². The standard InChI is InChI=1S/C22H33NO5/c1-7-27-20(24)19-14-15(2)23(21(25)28-22(3,4)5)13-12-18(19)16-8-10-17(26-6)11-9-16/h8-11,15,18-19H,7,12-14H2,1-6H3/t15?,18-,19+/m1/s1. The first-order chi connectivity index (χ1) is 13.2. The second-order valence-corrected chi connectivity index (χ2v) is 8.29. The van der Waals surface area contributed by atoms with E-state index in [-0.39, 0.29) is 29.9 Å². The summed E-state index contributed by atoms with van der Waals surface area (Å²) in [5.41, 5.74) is 0.496. The monoisotopic (exact) mass is 391 g/mol. The van der Waals surface area contributed by atoms with Crippen molar-refractivity contribution in [3.8, 4) is 5.75 Å². The lowest BCUT2D eigenvalue weighted by Crippen LogP contribution is -2.42. The molecule has 1 aromatic carbocycles. The molecule has 0 N–H and O–H groups in total. The second kappa shape index (κ2) is 9.30. The number of carbonyl (C=O) groups is 2. The first-order valence-electron chi connectivity index (χ1n) is 9.96. The van der Waals surface area contributed by atoms with E-state index >= 15 is 0 Å². The Kier molecular flexibility index (Phi) is 7.33. The molecule has 0 aromatic heterocycles. The highest BCUT2D eigenvalue weighted by atomic mass is 16.6. The van der Waals surface area contributed by atoms with Gasteiger partial charge in [-0.2, -0.15) is 0 Å². The molecular weight excluding hydrogens is 358 g/mol. The molecule has 1 aliphatic heterocycles. The van der Waals surface area contributed by atoms with E-state index in [1.54, 1.807) is 12.0 Å². The number of rotatable bonds is 4. The first-order valence-corrected chi connectivity index (χ1v) is 9.96. The fourth-order valence-corrected chi connectivity index (χ4v) is 3.71. The molecule has 1 aromatic rings. The summed E-state index contributed by atoms with van der Waals surface area (Å²) in [7, 11) is 1.63. The zero-order valence-corrected chi connectivity index (χ0v) is 17.9. The summed E-state index contributed by atoms with van der Waals surface area (Å²) in [4.78, 5) is 27.1. The molecule has 1 unspecified atom stereocenters. The largest absolute Gasteiger partial charge is 0.497 e. The van der Waals surface area contributed by atoms with E-state index in [9.17, 15) is 9.59 Å². The number of likely N-dealkylation sites (tertiary alicyclic amines) is 1. The molecule has 28 heavy (non-hydrogen) atoms. The maximum atomic E-state index is 12.7. The maximum Gasteiger partial charge on any atom is 0.410 e. The third kappa shape index (κ3) is 5.63. The van der Waals surface area contributed by atoms with Crippen molar-refractivity contribution in [2.75, 3.05) is 20.3 Å². The predicted molar refractivity (Wildman–Crippen MR) is 107 cm³/mol. The average molecular weight is 392 g/mol. The van der Waals surface area contributed by atoms with E-state index in [0.29, 0.717) is 26.0 Å². The Hall–Kier alpha value is -2.24. The Balaban J connectivity index is 2.29. The van der Waals surface area contributed by atoms with Gasteiger partial charge in [-0.1, -0.05) is 12.1 Å². The number of amides is 1. The van der Waals surface area contributed by atoms with Crippen LogP contribution in [0.1, 0.15) is 58.9 Å². The topological polar surface area (TPSA) is 65.1 Å². The van der Waals surface area contributed by atoms with Crippen molar-refractivity contribution in [1.82, 2.24) is 4.90 Å². The molecule has 0 spiro atoms. The summed E-state index contributed by atoms with van der Waals surface area (Å²) in [6, 6.07) is 7.66. The van der Waals surface area contributed by atoms with Crippen molar-refractivity contribution in [3.63, 3.8) is 0 Å². The minimum Gasteiger partial charge on any atom is -0.497 e. The molecule has 1 saturated heterocycles. The molecule has 0 bridgehead atoms. The van der Waals surface area contributed by atoms with E-state index in [1.165, 1.54) is 0 Å². The molecule has 156 valence electrons. The molecule has 1 fully saturated rings. The van der Waals surface area contributed by atoms with Crippen molar-refractivity contribution in [2.45, 2.75) is 65.0 Å². The van der Waals surface area contributed by atoms with E-state index in [4.69, 9.17) is 14.2 Å². The second-order valence-electron chi connectivity index (χ2n) is 8.29. The van der Waals surface area contributed by atoms with Gasteiger partial charge in [0.2, 0.25) is 0 Å². The van der Waals surface area contributed by atoms with Crippen LogP contribution >= 0.6 is 0 Å². The predicted octanol–water partition coefficient (Wildman–Crippen LogP) is 4.38. The number of benzene rings is 1. The third-order valence-corrected chi connectivity index (χ3v) is 5.06. The van der Waals surface area contributed by atoms with Crippen molar-refractivity contribution >= 4 is 12.1 Å². The number of nitrogens with zero attached hydrogens (tertiary/aromatic N) is 1. The number of esters is 1. The number of hydrogen-bond acceptors (Lipinski definition) is 5. The molecule has 0 aliphatic carbocycles. The normalized spacial score (nSPS) is 22.9. The molecule has 3 atom stereocenters.